The predicted octanol–water partition coefficient (Wildman–Crippen LogP) is 3.68. The van der Waals surface area contributed by atoms with Crippen LogP contribution in [0.25, 0.3) is 0 Å². The largest absolute Gasteiger partial charge is 0.457 e. The lowest BCUT2D eigenvalue weighted by Gasteiger charge is -2.30. The lowest BCUT2D eigenvalue weighted by Crippen LogP contribution is -2.52. The molecule has 0 unspecified atom stereocenters. The van der Waals surface area contributed by atoms with Gasteiger partial charge in [-0.05, 0) is 79.6 Å². The minimum absolute atomic E-state index is 0.00343. The summed E-state index contributed by atoms with van der Waals surface area (Å²) in [6.45, 7) is -0.631. The zero-order valence-electron chi connectivity index (χ0n) is 21.5. The molecule has 1 saturated heterocycles. The van der Waals surface area contributed by atoms with Crippen LogP contribution >= 0.6 is 0 Å². The van der Waals surface area contributed by atoms with Gasteiger partial charge in [0.2, 0.25) is 5.76 Å². The van der Waals surface area contributed by atoms with Gasteiger partial charge in [-0.15, -0.1) is 0 Å². The maximum Gasteiger partial charge on any atom is 0.379 e. The first kappa shape index (κ1) is 26.1. The summed E-state index contributed by atoms with van der Waals surface area (Å²) in [5, 5.41) is 12.7. The number of Topliss-reactive ketones (excluding diaryl/α,β-unsaturated/α-hetero) is 1. The van der Waals surface area contributed by atoms with Crippen molar-refractivity contribution in [1.82, 2.24) is 10.0 Å². The van der Waals surface area contributed by atoms with Crippen LogP contribution in [0.15, 0.2) is 71.3 Å². The summed E-state index contributed by atoms with van der Waals surface area (Å²) in [5.41, 5.74) is -0.121. The molecule has 1 aromatic heterocycles. The number of nitro groups is 1. The summed E-state index contributed by atoms with van der Waals surface area (Å²) in [6, 6.07) is 13.3. The van der Waals surface area contributed by atoms with E-state index in [1.165, 1.54) is 54.8 Å². The molecular weight excluding hydrogens is 534 g/mol. The van der Waals surface area contributed by atoms with Crippen molar-refractivity contribution < 1.29 is 38.1 Å². The van der Waals surface area contributed by atoms with Crippen molar-refractivity contribution >= 4 is 35.2 Å². The standard InChI is InChI=1S/C29H23N3O9/c33-22(16-7-11-21(12-8-16)41-29(37)23-2-1-13-40-23)15-30(26(34)17-5-9-20(10-6-17)32(38)39)31-27(35)24-18-3-4-19(14-18)25(24)28(31)36/h1-2,5-13,18-19,24-25H,3-4,14-15H2/t18-,19-,24+,25+/m0/s1. The molecule has 2 aromatic carbocycles. The summed E-state index contributed by atoms with van der Waals surface area (Å²) >= 11 is 0. The molecule has 3 amide bonds. The normalized spacial score (nSPS) is 22.5. The van der Waals surface area contributed by atoms with Crippen LogP contribution in [-0.2, 0) is 9.59 Å². The van der Waals surface area contributed by atoms with E-state index < -0.39 is 52.8 Å². The minimum atomic E-state index is -0.814. The highest BCUT2D eigenvalue weighted by Gasteiger charge is 2.62. The Morgan fingerprint density at radius 2 is 1.54 bits per heavy atom. The Labute approximate surface area is 232 Å². The Bertz CT molecular complexity index is 1540. The SMILES string of the molecule is O=C(CN(C(=O)c1ccc([N+](=O)[O-])cc1)N1C(=O)[C@@H]2[C@H]3CC[C@@H](C3)[C@H]2C1=O)c1ccc(OC(=O)c2ccco2)cc1. The van der Waals surface area contributed by atoms with Crippen LogP contribution in [0.1, 0.15) is 50.5 Å². The zero-order valence-corrected chi connectivity index (χ0v) is 21.5. The van der Waals surface area contributed by atoms with Gasteiger partial charge in [0.1, 0.15) is 12.3 Å². The second kappa shape index (κ2) is 10.1. The Morgan fingerprint density at radius 1 is 0.927 bits per heavy atom. The number of ketones is 1. The number of carbonyl (C=O) groups is 5. The van der Waals surface area contributed by atoms with Crippen molar-refractivity contribution in [3.8, 4) is 5.75 Å². The Morgan fingerprint density at radius 3 is 2.10 bits per heavy atom. The van der Waals surface area contributed by atoms with Crippen LogP contribution in [0.3, 0.4) is 0 Å². The lowest BCUT2D eigenvalue weighted by atomic mass is 9.81. The van der Waals surface area contributed by atoms with E-state index in [9.17, 15) is 34.1 Å². The molecule has 2 aliphatic carbocycles. The zero-order chi connectivity index (χ0) is 28.8. The molecule has 3 aromatic rings. The Kier molecular flexibility index (Phi) is 6.45. The van der Waals surface area contributed by atoms with E-state index >= 15 is 0 Å². The second-order valence-corrected chi connectivity index (χ2v) is 10.4. The highest BCUT2D eigenvalue weighted by molar-refractivity contribution is 6.10. The smallest absolute Gasteiger partial charge is 0.379 e. The van der Waals surface area contributed by atoms with Crippen molar-refractivity contribution in [3.63, 3.8) is 0 Å². The highest BCUT2D eigenvalue weighted by atomic mass is 16.6. The summed E-state index contributed by atoms with van der Waals surface area (Å²) in [7, 11) is 0. The van der Waals surface area contributed by atoms with Gasteiger partial charge < -0.3 is 9.15 Å². The molecule has 4 atom stereocenters. The predicted molar refractivity (Wildman–Crippen MR) is 138 cm³/mol. The fourth-order valence-electron chi connectivity index (χ4n) is 6.23. The number of hydrogen-bond donors (Lipinski definition) is 0. The topological polar surface area (TPSA) is 157 Å². The molecule has 2 heterocycles. The fourth-order valence-corrected chi connectivity index (χ4v) is 6.23. The Balaban J connectivity index is 1.26. The molecule has 6 rings (SSSR count). The molecule has 0 N–H and O–H groups in total. The van der Waals surface area contributed by atoms with Crippen molar-refractivity contribution in [2.75, 3.05) is 6.54 Å². The van der Waals surface area contributed by atoms with E-state index in [1.54, 1.807) is 0 Å². The number of nitro benzene ring substituents is 1. The first-order valence-electron chi connectivity index (χ1n) is 13.1. The number of imide groups is 1. The monoisotopic (exact) mass is 557 g/mol. The van der Waals surface area contributed by atoms with Crippen LogP contribution in [0.2, 0.25) is 0 Å². The number of hydrazine groups is 1. The van der Waals surface area contributed by atoms with E-state index in [1.807, 2.05) is 0 Å². The average Bonchev–Trinajstić information content (AvgIpc) is 3.78. The summed E-state index contributed by atoms with van der Waals surface area (Å²) in [6.07, 6.45) is 3.80. The van der Waals surface area contributed by atoms with Crippen molar-refractivity contribution in [3.05, 3.63) is 93.9 Å². The van der Waals surface area contributed by atoms with Gasteiger partial charge in [-0.2, -0.15) is 5.01 Å². The number of carbonyl (C=O) groups excluding carboxylic acids is 5. The number of rotatable bonds is 8. The van der Waals surface area contributed by atoms with Crippen LogP contribution in [0, 0.1) is 33.8 Å². The average molecular weight is 558 g/mol. The van der Waals surface area contributed by atoms with Gasteiger partial charge in [0.25, 0.3) is 23.4 Å². The molecule has 0 spiro atoms. The molecule has 2 bridgehead atoms. The third-order valence-corrected chi connectivity index (χ3v) is 8.11. The van der Waals surface area contributed by atoms with E-state index in [4.69, 9.17) is 9.15 Å². The number of non-ortho nitro benzene ring substituents is 1. The van der Waals surface area contributed by atoms with Gasteiger partial charge in [-0.3, -0.25) is 29.3 Å². The number of furan rings is 1. The second-order valence-electron chi connectivity index (χ2n) is 10.4. The molecule has 2 saturated carbocycles. The number of hydrogen-bond acceptors (Lipinski definition) is 9. The molecule has 41 heavy (non-hydrogen) atoms. The van der Waals surface area contributed by atoms with Crippen molar-refractivity contribution in [1.29, 1.82) is 0 Å². The fraction of sp³-hybridized carbons (Fsp3) is 0.276. The molecule has 3 fully saturated rings. The van der Waals surface area contributed by atoms with E-state index in [2.05, 4.69) is 0 Å². The molecule has 3 aliphatic rings. The third-order valence-electron chi connectivity index (χ3n) is 8.11. The molecule has 1 aliphatic heterocycles. The maximum atomic E-state index is 13.6. The first-order valence-corrected chi connectivity index (χ1v) is 13.1. The number of benzene rings is 2. The molecular formula is C29H23N3O9. The van der Waals surface area contributed by atoms with Crippen LogP contribution in [0.4, 0.5) is 5.69 Å². The van der Waals surface area contributed by atoms with Crippen LogP contribution < -0.4 is 4.74 Å². The summed E-state index contributed by atoms with van der Waals surface area (Å²) < 4.78 is 10.2. The maximum absolute atomic E-state index is 13.6. The summed E-state index contributed by atoms with van der Waals surface area (Å²) in [5.74, 6) is -3.89. The van der Waals surface area contributed by atoms with Gasteiger partial charge in [0.15, 0.2) is 5.78 Å². The van der Waals surface area contributed by atoms with Crippen LogP contribution in [0.5, 0.6) is 5.75 Å². The molecule has 12 heteroatoms. The molecule has 208 valence electrons. The first-order chi connectivity index (χ1) is 19.7. The highest BCUT2D eigenvalue weighted by Crippen LogP contribution is 2.56. The lowest BCUT2D eigenvalue weighted by molar-refractivity contribution is -0.384. The van der Waals surface area contributed by atoms with Crippen molar-refractivity contribution in [2.45, 2.75) is 19.3 Å². The number of nitrogens with zero attached hydrogens (tertiary/aromatic N) is 3. The van der Waals surface area contributed by atoms with Crippen molar-refractivity contribution in [2.24, 2.45) is 23.7 Å². The van der Waals surface area contributed by atoms with Crippen LogP contribution in [-0.4, -0.2) is 51.0 Å². The van der Waals surface area contributed by atoms with E-state index in [-0.39, 0.29) is 40.2 Å². The third kappa shape index (κ3) is 4.56. The van der Waals surface area contributed by atoms with Gasteiger partial charge in [0, 0.05) is 23.3 Å². The molecule has 12 nitrogen and oxygen atoms in total. The number of ether oxygens (including phenoxy) is 1. The van der Waals surface area contributed by atoms with Gasteiger partial charge in [0.05, 0.1) is 23.0 Å². The Hall–Kier alpha value is -5.13. The molecule has 0 radical (unpaired) electrons. The van der Waals surface area contributed by atoms with E-state index in [0.29, 0.717) is 0 Å². The van der Waals surface area contributed by atoms with E-state index in [0.717, 1.165) is 41.4 Å². The minimum Gasteiger partial charge on any atom is -0.457 e. The van der Waals surface area contributed by atoms with Gasteiger partial charge in [-0.1, -0.05) is 0 Å². The number of fused-ring (bicyclic) bond motifs is 5. The van der Waals surface area contributed by atoms with Gasteiger partial charge >= 0.3 is 5.97 Å². The summed E-state index contributed by atoms with van der Waals surface area (Å²) in [4.78, 5) is 76.6. The quantitative estimate of drug-likeness (QED) is 0.101. The number of esters is 1. The van der Waals surface area contributed by atoms with Gasteiger partial charge in [-0.25, -0.2) is 9.80 Å². The number of amides is 3.